The second kappa shape index (κ2) is 11.1. The second-order valence-electron chi connectivity index (χ2n) is 7.64. The molecule has 1 amide bonds. The molecular formula is C26H21N3O5S2. The standard InChI is InChI=1S/C26H21N3O5S2/c30-26(27-20-11-15-22(16-12-20)29(31)32)25(19-7-3-1-4-8-19)35-23-17-13-21(14-18-23)28-36(33,34)24-9-5-2-6-10-24/h1-18,25,28H,(H,27,30). The molecule has 1 unspecified atom stereocenters. The maximum atomic E-state index is 13.2. The molecule has 0 aliphatic heterocycles. The van der Waals surface area contributed by atoms with Gasteiger partial charge in [-0.3, -0.25) is 19.6 Å². The number of non-ortho nitro benzene ring substituents is 1. The molecule has 0 aliphatic carbocycles. The number of hydrogen-bond donors (Lipinski definition) is 2. The van der Waals surface area contributed by atoms with Crippen molar-refractivity contribution < 1.29 is 18.1 Å². The van der Waals surface area contributed by atoms with Crippen LogP contribution in [0.4, 0.5) is 17.1 Å². The van der Waals surface area contributed by atoms with Crippen LogP contribution in [0.3, 0.4) is 0 Å². The lowest BCUT2D eigenvalue weighted by molar-refractivity contribution is -0.384. The van der Waals surface area contributed by atoms with E-state index in [0.717, 1.165) is 10.5 Å². The number of nitrogens with one attached hydrogen (secondary N) is 2. The molecule has 0 saturated heterocycles. The van der Waals surface area contributed by atoms with E-state index in [1.165, 1.54) is 48.2 Å². The first-order chi connectivity index (χ1) is 17.3. The van der Waals surface area contributed by atoms with Gasteiger partial charge in [0, 0.05) is 28.4 Å². The highest BCUT2D eigenvalue weighted by Crippen LogP contribution is 2.37. The van der Waals surface area contributed by atoms with Crippen LogP contribution in [0, 0.1) is 10.1 Å². The average Bonchev–Trinajstić information content (AvgIpc) is 2.89. The molecule has 8 nitrogen and oxygen atoms in total. The van der Waals surface area contributed by atoms with E-state index in [0.29, 0.717) is 11.4 Å². The van der Waals surface area contributed by atoms with Crippen LogP contribution in [0.2, 0.25) is 0 Å². The molecule has 0 heterocycles. The van der Waals surface area contributed by atoms with Crippen molar-refractivity contribution in [2.24, 2.45) is 0 Å². The number of thioether (sulfide) groups is 1. The normalized spacial score (nSPS) is 11.9. The third-order valence-corrected chi connectivity index (χ3v) is 7.76. The number of anilines is 2. The molecule has 10 heteroatoms. The third-order valence-electron chi connectivity index (χ3n) is 5.10. The predicted molar refractivity (Wildman–Crippen MR) is 140 cm³/mol. The van der Waals surface area contributed by atoms with E-state index in [1.54, 1.807) is 42.5 Å². The van der Waals surface area contributed by atoms with E-state index in [4.69, 9.17) is 0 Å². The van der Waals surface area contributed by atoms with Crippen molar-refractivity contribution in [3.05, 3.63) is 125 Å². The minimum atomic E-state index is -3.71. The SMILES string of the molecule is O=C(Nc1ccc([N+](=O)[O-])cc1)C(Sc1ccc(NS(=O)(=O)c2ccccc2)cc1)c1ccccc1. The van der Waals surface area contributed by atoms with Gasteiger partial charge >= 0.3 is 0 Å². The summed E-state index contributed by atoms with van der Waals surface area (Å²) < 4.78 is 27.7. The van der Waals surface area contributed by atoms with Gasteiger partial charge in [-0.15, -0.1) is 11.8 Å². The lowest BCUT2D eigenvalue weighted by Crippen LogP contribution is -2.19. The molecular weight excluding hydrogens is 498 g/mol. The van der Waals surface area contributed by atoms with Gasteiger partial charge in [0.25, 0.3) is 15.7 Å². The van der Waals surface area contributed by atoms with Crippen molar-refractivity contribution >= 4 is 44.8 Å². The van der Waals surface area contributed by atoms with Crippen molar-refractivity contribution in [1.82, 2.24) is 0 Å². The zero-order valence-electron chi connectivity index (χ0n) is 18.8. The van der Waals surface area contributed by atoms with Crippen molar-refractivity contribution in [2.45, 2.75) is 15.0 Å². The smallest absolute Gasteiger partial charge is 0.269 e. The van der Waals surface area contributed by atoms with Crippen LogP contribution in [-0.4, -0.2) is 19.2 Å². The fourth-order valence-electron chi connectivity index (χ4n) is 3.33. The van der Waals surface area contributed by atoms with E-state index in [2.05, 4.69) is 10.0 Å². The van der Waals surface area contributed by atoms with Gasteiger partial charge in [-0.1, -0.05) is 48.5 Å². The summed E-state index contributed by atoms with van der Waals surface area (Å²) in [5.74, 6) is -0.297. The summed E-state index contributed by atoms with van der Waals surface area (Å²) in [4.78, 5) is 24.5. The Kier molecular flexibility index (Phi) is 7.67. The molecule has 2 N–H and O–H groups in total. The van der Waals surface area contributed by atoms with Gasteiger partial charge in [0.1, 0.15) is 5.25 Å². The Balaban J connectivity index is 1.50. The van der Waals surface area contributed by atoms with Crippen LogP contribution in [0.1, 0.15) is 10.8 Å². The van der Waals surface area contributed by atoms with Crippen molar-refractivity contribution in [3.63, 3.8) is 0 Å². The van der Waals surface area contributed by atoms with Crippen LogP contribution < -0.4 is 10.0 Å². The number of carbonyl (C=O) groups excluding carboxylic acids is 1. The van der Waals surface area contributed by atoms with E-state index >= 15 is 0 Å². The van der Waals surface area contributed by atoms with Crippen LogP contribution in [0.25, 0.3) is 0 Å². The number of nitro groups is 1. The summed E-state index contributed by atoms with van der Waals surface area (Å²) in [6, 6.07) is 29.7. The molecule has 0 aromatic heterocycles. The van der Waals surface area contributed by atoms with Gasteiger partial charge in [0.2, 0.25) is 5.91 Å². The highest BCUT2D eigenvalue weighted by Gasteiger charge is 2.23. The summed E-state index contributed by atoms with van der Waals surface area (Å²) in [6.45, 7) is 0. The fraction of sp³-hybridized carbons (Fsp3) is 0.0385. The number of nitrogens with zero attached hydrogens (tertiary/aromatic N) is 1. The third kappa shape index (κ3) is 6.29. The number of hydrogen-bond acceptors (Lipinski definition) is 6. The Morgan fingerprint density at radius 1 is 0.778 bits per heavy atom. The summed E-state index contributed by atoms with van der Waals surface area (Å²) in [6.07, 6.45) is 0. The number of rotatable bonds is 9. The summed E-state index contributed by atoms with van der Waals surface area (Å²) in [7, 11) is -3.71. The number of benzene rings is 4. The van der Waals surface area contributed by atoms with Crippen LogP contribution >= 0.6 is 11.8 Å². The Labute approximate surface area is 212 Å². The Hall–Kier alpha value is -4.15. The number of sulfonamides is 1. The van der Waals surface area contributed by atoms with E-state index in [1.807, 2.05) is 30.3 Å². The van der Waals surface area contributed by atoms with Crippen molar-refractivity contribution in [3.8, 4) is 0 Å². The minimum absolute atomic E-state index is 0.0649. The summed E-state index contributed by atoms with van der Waals surface area (Å²) in [5, 5.41) is 13.1. The van der Waals surface area contributed by atoms with Crippen LogP contribution in [-0.2, 0) is 14.8 Å². The van der Waals surface area contributed by atoms with Gasteiger partial charge in [0.15, 0.2) is 0 Å². The molecule has 4 rings (SSSR count). The van der Waals surface area contributed by atoms with E-state index < -0.39 is 20.2 Å². The van der Waals surface area contributed by atoms with Gasteiger partial charge in [-0.05, 0) is 54.1 Å². The Morgan fingerprint density at radius 2 is 1.33 bits per heavy atom. The van der Waals surface area contributed by atoms with Gasteiger partial charge < -0.3 is 5.32 Å². The Morgan fingerprint density at radius 3 is 1.92 bits per heavy atom. The zero-order valence-corrected chi connectivity index (χ0v) is 20.4. The molecule has 0 saturated carbocycles. The zero-order chi connectivity index (χ0) is 25.5. The monoisotopic (exact) mass is 519 g/mol. The maximum absolute atomic E-state index is 13.2. The molecule has 4 aromatic carbocycles. The topological polar surface area (TPSA) is 118 Å². The fourth-order valence-corrected chi connectivity index (χ4v) is 5.43. The van der Waals surface area contributed by atoms with E-state index in [-0.39, 0.29) is 16.5 Å². The van der Waals surface area contributed by atoms with Crippen molar-refractivity contribution in [1.29, 1.82) is 0 Å². The van der Waals surface area contributed by atoms with Crippen molar-refractivity contribution in [2.75, 3.05) is 10.0 Å². The van der Waals surface area contributed by atoms with Gasteiger partial charge in [-0.25, -0.2) is 8.42 Å². The highest BCUT2D eigenvalue weighted by atomic mass is 32.2. The molecule has 0 bridgehead atoms. The number of amides is 1. The molecule has 0 aliphatic rings. The average molecular weight is 520 g/mol. The molecule has 0 spiro atoms. The quantitative estimate of drug-likeness (QED) is 0.162. The highest BCUT2D eigenvalue weighted by molar-refractivity contribution is 8.00. The van der Waals surface area contributed by atoms with E-state index in [9.17, 15) is 23.3 Å². The lowest BCUT2D eigenvalue weighted by atomic mass is 10.1. The molecule has 1 atom stereocenters. The maximum Gasteiger partial charge on any atom is 0.269 e. The van der Waals surface area contributed by atoms with Gasteiger partial charge in [0.05, 0.1) is 9.82 Å². The van der Waals surface area contributed by atoms with Crippen LogP contribution in [0.15, 0.2) is 119 Å². The molecule has 0 fully saturated rings. The second-order valence-corrected chi connectivity index (χ2v) is 10.5. The molecule has 4 aromatic rings. The number of nitro benzene ring substituents is 1. The molecule has 36 heavy (non-hydrogen) atoms. The van der Waals surface area contributed by atoms with Gasteiger partial charge in [-0.2, -0.15) is 0 Å². The predicted octanol–water partition coefficient (Wildman–Crippen LogP) is 5.87. The lowest BCUT2D eigenvalue weighted by Gasteiger charge is -2.17. The molecule has 182 valence electrons. The first-order valence-corrected chi connectivity index (χ1v) is 13.1. The van der Waals surface area contributed by atoms with Crippen LogP contribution in [0.5, 0.6) is 0 Å². The molecule has 0 radical (unpaired) electrons. The largest absolute Gasteiger partial charge is 0.325 e. The summed E-state index contributed by atoms with van der Waals surface area (Å²) in [5.41, 5.74) is 1.55. The minimum Gasteiger partial charge on any atom is -0.325 e. The first-order valence-electron chi connectivity index (χ1n) is 10.8. The Bertz CT molecular complexity index is 1450. The summed E-state index contributed by atoms with van der Waals surface area (Å²) >= 11 is 1.30. The number of carbonyl (C=O) groups is 1. The first kappa shape index (κ1) is 25.0.